The normalized spacial score (nSPS) is 17.8. The topological polar surface area (TPSA) is 51.4 Å². The smallest absolute Gasteiger partial charge is 0.132 e. The summed E-state index contributed by atoms with van der Waals surface area (Å²) in [6.07, 6.45) is 4.38. The summed E-state index contributed by atoms with van der Waals surface area (Å²) in [6.45, 7) is 4.87. The summed E-state index contributed by atoms with van der Waals surface area (Å²) in [5, 5.41) is 0. The van der Waals surface area contributed by atoms with Gasteiger partial charge < -0.3 is 9.74 Å². The monoisotopic (exact) mass is 221 g/mol. The number of nitrogens with two attached hydrogens (primary N) is 1. The second kappa shape index (κ2) is 5.27. The van der Waals surface area contributed by atoms with E-state index in [9.17, 15) is 0 Å². The summed E-state index contributed by atoms with van der Waals surface area (Å²) in [7, 11) is 0. The maximum Gasteiger partial charge on any atom is 0.132 e. The van der Waals surface area contributed by atoms with Crippen LogP contribution in [0.1, 0.15) is 31.2 Å². The molecule has 1 atom stereocenters. The van der Waals surface area contributed by atoms with E-state index in [0.29, 0.717) is 6.61 Å². The van der Waals surface area contributed by atoms with E-state index in [1.165, 1.54) is 18.4 Å². The number of hydrogen-bond donors (Lipinski definition) is 1. The van der Waals surface area contributed by atoms with E-state index in [1.54, 1.807) is 0 Å². The highest BCUT2D eigenvalue weighted by atomic mass is 16.6. The first-order valence-electron chi connectivity index (χ1n) is 5.84. The fraction of sp³-hybridized carbons (Fsp3) is 0.583. The Bertz CT molecular complexity index is 337. The Morgan fingerprint density at radius 3 is 2.94 bits per heavy atom. The van der Waals surface area contributed by atoms with Gasteiger partial charge in [-0.3, -0.25) is 0 Å². The zero-order chi connectivity index (χ0) is 11.4. The van der Waals surface area contributed by atoms with Crippen LogP contribution in [0.25, 0.3) is 0 Å². The van der Waals surface area contributed by atoms with Crippen LogP contribution in [-0.2, 0) is 4.84 Å². The average molecular weight is 221 g/mol. The fourth-order valence-corrected chi connectivity index (χ4v) is 2.22. The molecule has 1 aliphatic heterocycles. The van der Waals surface area contributed by atoms with Crippen LogP contribution in [0.4, 0.5) is 5.82 Å². The minimum Gasteiger partial charge on any atom is -0.356 e. The van der Waals surface area contributed by atoms with Gasteiger partial charge in [0.05, 0.1) is 6.61 Å². The molecule has 1 aliphatic rings. The van der Waals surface area contributed by atoms with Crippen LogP contribution in [0.15, 0.2) is 18.3 Å². The molecule has 1 unspecified atom stereocenters. The van der Waals surface area contributed by atoms with Crippen molar-refractivity contribution < 1.29 is 4.84 Å². The van der Waals surface area contributed by atoms with Gasteiger partial charge in [-0.05, 0) is 24.5 Å². The van der Waals surface area contributed by atoms with Crippen molar-refractivity contribution in [1.29, 1.82) is 0 Å². The Morgan fingerprint density at radius 1 is 1.50 bits per heavy atom. The van der Waals surface area contributed by atoms with E-state index in [-0.39, 0.29) is 5.92 Å². The van der Waals surface area contributed by atoms with Crippen molar-refractivity contribution >= 4 is 5.82 Å². The molecule has 16 heavy (non-hydrogen) atoms. The Hall–Kier alpha value is -1.13. The summed E-state index contributed by atoms with van der Waals surface area (Å²) >= 11 is 0. The largest absolute Gasteiger partial charge is 0.356 e. The number of anilines is 1. The Morgan fingerprint density at radius 2 is 2.25 bits per heavy atom. The number of nitrogens with zero attached hydrogens (tertiary/aromatic N) is 2. The van der Waals surface area contributed by atoms with E-state index in [2.05, 4.69) is 22.9 Å². The van der Waals surface area contributed by atoms with Gasteiger partial charge in [-0.1, -0.05) is 13.0 Å². The maximum absolute atomic E-state index is 5.14. The van der Waals surface area contributed by atoms with Crippen LogP contribution in [0, 0.1) is 0 Å². The van der Waals surface area contributed by atoms with Crippen molar-refractivity contribution in [2.45, 2.75) is 25.7 Å². The van der Waals surface area contributed by atoms with Gasteiger partial charge in [-0.15, -0.1) is 0 Å². The third kappa shape index (κ3) is 2.33. The van der Waals surface area contributed by atoms with E-state index in [4.69, 9.17) is 10.7 Å². The molecule has 1 aromatic heterocycles. The molecule has 88 valence electrons. The van der Waals surface area contributed by atoms with Gasteiger partial charge in [0.1, 0.15) is 5.82 Å². The van der Waals surface area contributed by atoms with Gasteiger partial charge in [-0.25, -0.2) is 10.9 Å². The molecular weight excluding hydrogens is 202 g/mol. The molecule has 0 amide bonds. The molecule has 0 saturated carbocycles. The van der Waals surface area contributed by atoms with Gasteiger partial charge in [-0.2, -0.15) is 0 Å². The van der Waals surface area contributed by atoms with Crippen LogP contribution in [0.3, 0.4) is 0 Å². The van der Waals surface area contributed by atoms with Gasteiger partial charge in [0.2, 0.25) is 0 Å². The number of hydrogen-bond acceptors (Lipinski definition) is 4. The Labute approximate surface area is 96.4 Å². The molecule has 0 spiro atoms. The van der Waals surface area contributed by atoms with Crippen molar-refractivity contribution in [2.24, 2.45) is 5.90 Å². The molecule has 1 aromatic rings. The van der Waals surface area contributed by atoms with Crippen LogP contribution in [0.2, 0.25) is 0 Å². The minimum absolute atomic E-state index is 0.286. The van der Waals surface area contributed by atoms with Crippen LogP contribution in [0.5, 0.6) is 0 Å². The molecule has 1 saturated heterocycles. The van der Waals surface area contributed by atoms with Crippen molar-refractivity contribution in [3.63, 3.8) is 0 Å². The number of pyridine rings is 1. The third-order valence-electron chi connectivity index (χ3n) is 3.10. The first-order valence-corrected chi connectivity index (χ1v) is 5.84. The Kier molecular flexibility index (Phi) is 3.74. The van der Waals surface area contributed by atoms with Gasteiger partial charge in [0.25, 0.3) is 0 Å². The highest BCUT2D eigenvalue weighted by Crippen LogP contribution is 2.27. The van der Waals surface area contributed by atoms with Crippen molar-refractivity contribution in [2.75, 3.05) is 24.6 Å². The Balaban J connectivity index is 2.22. The van der Waals surface area contributed by atoms with Crippen LogP contribution >= 0.6 is 0 Å². The van der Waals surface area contributed by atoms with Crippen LogP contribution in [-0.4, -0.2) is 24.7 Å². The molecule has 4 heteroatoms. The molecule has 0 radical (unpaired) electrons. The predicted octanol–water partition coefficient (Wildman–Crippen LogP) is 1.68. The first-order chi connectivity index (χ1) is 7.83. The molecule has 0 aliphatic carbocycles. The van der Waals surface area contributed by atoms with Crippen molar-refractivity contribution in [1.82, 2.24) is 4.98 Å². The summed E-state index contributed by atoms with van der Waals surface area (Å²) in [6, 6.07) is 4.09. The minimum atomic E-state index is 0.286. The molecule has 2 heterocycles. The summed E-state index contributed by atoms with van der Waals surface area (Å²) in [4.78, 5) is 11.6. The zero-order valence-corrected chi connectivity index (χ0v) is 9.72. The second-order valence-corrected chi connectivity index (χ2v) is 4.34. The van der Waals surface area contributed by atoms with E-state index >= 15 is 0 Å². The maximum atomic E-state index is 5.14. The highest BCUT2D eigenvalue weighted by Gasteiger charge is 2.19. The van der Waals surface area contributed by atoms with E-state index < -0.39 is 0 Å². The molecule has 2 N–H and O–H groups in total. The summed E-state index contributed by atoms with van der Waals surface area (Å²) in [5.41, 5.74) is 1.23. The van der Waals surface area contributed by atoms with Gasteiger partial charge >= 0.3 is 0 Å². The summed E-state index contributed by atoms with van der Waals surface area (Å²) < 4.78 is 0. The predicted molar refractivity (Wildman–Crippen MR) is 64.2 cm³/mol. The van der Waals surface area contributed by atoms with Crippen molar-refractivity contribution in [3.8, 4) is 0 Å². The fourth-order valence-electron chi connectivity index (χ4n) is 2.22. The van der Waals surface area contributed by atoms with E-state index in [1.807, 2.05) is 12.3 Å². The van der Waals surface area contributed by atoms with Crippen LogP contribution < -0.4 is 10.8 Å². The summed E-state index contributed by atoms with van der Waals surface area (Å²) in [5.74, 6) is 6.52. The number of rotatable bonds is 4. The molecular formula is C12H19N3O. The molecule has 1 fully saturated rings. The first kappa shape index (κ1) is 11.4. The lowest BCUT2D eigenvalue weighted by Crippen LogP contribution is -2.22. The molecule has 0 aromatic carbocycles. The third-order valence-corrected chi connectivity index (χ3v) is 3.10. The number of aromatic nitrogens is 1. The highest BCUT2D eigenvalue weighted by molar-refractivity contribution is 5.49. The lowest BCUT2D eigenvalue weighted by Gasteiger charge is -2.22. The van der Waals surface area contributed by atoms with Gasteiger partial charge in [0, 0.05) is 25.2 Å². The SMILES string of the molecule is CC(CON)c1cccnc1N1CCCC1. The van der Waals surface area contributed by atoms with Crippen molar-refractivity contribution in [3.05, 3.63) is 23.9 Å². The standard InChI is InChI=1S/C12H19N3O/c1-10(9-16-13)11-5-4-6-14-12(11)15-7-2-3-8-15/h4-6,10H,2-3,7-9,13H2,1H3. The zero-order valence-electron chi connectivity index (χ0n) is 9.72. The second-order valence-electron chi connectivity index (χ2n) is 4.34. The lowest BCUT2D eigenvalue weighted by molar-refractivity contribution is 0.126. The van der Waals surface area contributed by atoms with Gasteiger partial charge in [0.15, 0.2) is 0 Å². The average Bonchev–Trinajstić information content (AvgIpc) is 2.83. The molecule has 2 rings (SSSR count). The van der Waals surface area contributed by atoms with E-state index in [0.717, 1.165) is 18.9 Å². The quantitative estimate of drug-likeness (QED) is 0.786. The molecule has 4 nitrogen and oxygen atoms in total. The molecule has 0 bridgehead atoms. The lowest BCUT2D eigenvalue weighted by atomic mass is 10.0.